The zero-order valence-corrected chi connectivity index (χ0v) is 14.5. The van der Waals surface area contributed by atoms with E-state index in [-0.39, 0.29) is 11.3 Å². The Morgan fingerprint density at radius 1 is 1.04 bits per heavy atom. The SMILES string of the molecule is C/C=C\[C@@H]1[C@@H](C(=O)OCc2c(F)c(F)c(COC)c(F)c2F)C1(C)C. The predicted molar refractivity (Wildman–Crippen MR) is 82.4 cm³/mol. The van der Waals surface area contributed by atoms with E-state index >= 15 is 0 Å². The summed E-state index contributed by atoms with van der Waals surface area (Å²) in [7, 11) is 1.14. The summed E-state index contributed by atoms with van der Waals surface area (Å²) in [5, 5.41) is 0. The topological polar surface area (TPSA) is 35.5 Å². The summed E-state index contributed by atoms with van der Waals surface area (Å²) < 4.78 is 65.2. The molecule has 2 atom stereocenters. The van der Waals surface area contributed by atoms with Crippen molar-refractivity contribution in [3.8, 4) is 0 Å². The molecule has 0 aliphatic heterocycles. The van der Waals surface area contributed by atoms with Crippen molar-refractivity contribution in [3.05, 3.63) is 46.5 Å². The normalized spacial score (nSPS) is 21.6. The molecule has 0 N–H and O–H groups in total. The molecular formula is C18H20F4O3. The number of hydrogen-bond acceptors (Lipinski definition) is 3. The van der Waals surface area contributed by atoms with Crippen molar-refractivity contribution in [3.63, 3.8) is 0 Å². The van der Waals surface area contributed by atoms with Crippen LogP contribution in [0.4, 0.5) is 17.6 Å². The number of carbonyl (C=O) groups is 1. The predicted octanol–water partition coefficient (Wildman–Crippen LogP) is 4.28. The minimum absolute atomic E-state index is 0.0442. The highest BCUT2D eigenvalue weighted by Crippen LogP contribution is 2.59. The number of methoxy groups -OCH3 is 1. The summed E-state index contributed by atoms with van der Waals surface area (Å²) in [4.78, 5) is 12.1. The molecule has 0 aromatic heterocycles. The smallest absolute Gasteiger partial charge is 0.310 e. The maximum Gasteiger partial charge on any atom is 0.310 e. The fraction of sp³-hybridized carbons (Fsp3) is 0.500. The zero-order valence-electron chi connectivity index (χ0n) is 14.5. The first-order valence-electron chi connectivity index (χ1n) is 7.80. The number of carbonyl (C=O) groups excluding carboxylic acids is 1. The number of ether oxygens (including phenoxy) is 2. The summed E-state index contributed by atoms with van der Waals surface area (Å²) >= 11 is 0. The second-order valence-corrected chi connectivity index (χ2v) is 6.60. The number of hydrogen-bond donors (Lipinski definition) is 0. The van der Waals surface area contributed by atoms with Gasteiger partial charge >= 0.3 is 5.97 Å². The average molecular weight is 360 g/mol. The van der Waals surface area contributed by atoms with Crippen LogP contribution in [0, 0.1) is 40.5 Å². The molecule has 0 unspecified atom stereocenters. The van der Waals surface area contributed by atoms with Crippen LogP contribution in [0.1, 0.15) is 31.9 Å². The van der Waals surface area contributed by atoms with E-state index < -0.39 is 59.5 Å². The van der Waals surface area contributed by atoms with Crippen molar-refractivity contribution in [2.45, 2.75) is 34.0 Å². The van der Waals surface area contributed by atoms with E-state index in [9.17, 15) is 22.4 Å². The van der Waals surface area contributed by atoms with E-state index in [2.05, 4.69) is 4.74 Å². The average Bonchev–Trinajstić information content (AvgIpc) is 3.10. The van der Waals surface area contributed by atoms with Gasteiger partial charge in [0.05, 0.1) is 23.7 Å². The molecule has 1 aliphatic rings. The van der Waals surface area contributed by atoms with E-state index in [1.165, 1.54) is 0 Å². The van der Waals surface area contributed by atoms with Gasteiger partial charge < -0.3 is 9.47 Å². The zero-order chi connectivity index (χ0) is 18.9. The highest BCUT2D eigenvalue weighted by Gasteiger charge is 2.61. The van der Waals surface area contributed by atoms with Crippen LogP contribution in [-0.4, -0.2) is 13.1 Å². The van der Waals surface area contributed by atoms with Gasteiger partial charge in [-0.1, -0.05) is 26.0 Å². The van der Waals surface area contributed by atoms with Crippen molar-refractivity contribution >= 4 is 5.97 Å². The summed E-state index contributed by atoms with van der Waals surface area (Å²) in [5.41, 5.74) is -2.13. The van der Waals surface area contributed by atoms with Crippen LogP contribution in [0.2, 0.25) is 0 Å². The second-order valence-electron chi connectivity index (χ2n) is 6.60. The van der Waals surface area contributed by atoms with Crippen LogP contribution in [-0.2, 0) is 27.5 Å². The van der Waals surface area contributed by atoms with E-state index in [4.69, 9.17) is 4.74 Å². The number of esters is 1. The third-order valence-electron chi connectivity index (χ3n) is 4.66. The molecule has 0 bridgehead atoms. The molecule has 0 spiro atoms. The molecule has 0 amide bonds. The van der Waals surface area contributed by atoms with Crippen LogP contribution in [0.5, 0.6) is 0 Å². The fourth-order valence-corrected chi connectivity index (χ4v) is 3.05. The Balaban J connectivity index is 2.18. The Hall–Kier alpha value is -1.89. The van der Waals surface area contributed by atoms with E-state index in [1.54, 1.807) is 6.08 Å². The molecular weight excluding hydrogens is 340 g/mol. The summed E-state index contributed by atoms with van der Waals surface area (Å²) in [6.07, 6.45) is 3.66. The molecule has 7 heteroatoms. The van der Waals surface area contributed by atoms with Gasteiger partial charge in [0.15, 0.2) is 23.3 Å². The van der Waals surface area contributed by atoms with Gasteiger partial charge in [0.2, 0.25) is 0 Å². The number of rotatable bonds is 6. The van der Waals surface area contributed by atoms with Crippen molar-refractivity contribution in [1.29, 1.82) is 0 Å². The molecule has 3 nitrogen and oxygen atoms in total. The number of halogens is 4. The van der Waals surface area contributed by atoms with Crippen LogP contribution >= 0.6 is 0 Å². The molecule has 1 saturated carbocycles. The van der Waals surface area contributed by atoms with Crippen molar-refractivity contribution in [2.24, 2.45) is 17.3 Å². The molecule has 0 heterocycles. The van der Waals surface area contributed by atoms with Gasteiger partial charge in [0, 0.05) is 7.11 Å². The van der Waals surface area contributed by atoms with Crippen LogP contribution in [0.25, 0.3) is 0 Å². The molecule has 138 valence electrons. The van der Waals surface area contributed by atoms with Crippen molar-refractivity contribution in [1.82, 2.24) is 0 Å². The first-order valence-corrected chi connectivity index (χ1v) is 7.80. The monoisotopic (exact) mass is 360 g/mol. The fourth-order valence-electron chi connectivity index (χ4n) is 3.05. The highest BCUT2D eigenvalue weighted by molar-refractivity contribution is 5.78. The Kier molecular flexibility index (Phi) is 5.56. The van der Waals surface area contributed by atoms with Gasteiger partial charge in [-0.25, -0.2) is 17.6 Å². The van der Waals surface area contributed by atoms with Gasteiger partial charge in [0.1, 0.15) is 6.61 Å². The summed E-state index contributed by atoms with van der Waals surface area (Å²) in [6, 6.07) is 0. The van der Waals surface area contributed by atoms with E-state index in [1.807, 2.05) is 26.8 Å². The number of allylic oxidation sites excluding steroid dienone is 2. The quantitative estimate of drug-likeness (QED) is 0.329. The first kappa shape index (κ1) is 19.4. The Morgan fingerprint density at radius 2 is 1.52 bits per heavy atom. The molecule has 0 saturated heterocycles. The lowest BCUT2D eigenvalue weighted by molar-refractivity contribution is -0.147. The van der Waals surface area contributed by atoms with Crippen LogP contribution < -0.4 is 0 Å². The molecule has 2 rings (SSSR count). The van der Waals surface area contributed by atoms with Gasteiger partial charge in [-0.3, -0.25) is 4.79 Å². The van der Waals surface area contributed by atoms with Crippen molar-refractivity contribution in [2.75, 3.05) is 7.11 Å². The van der Waals surface area contributed by atoms with E-state index in [0.29, 0.717) is 0 Å². The third kappa shape index (κ3) is 3.42. The van der Waals surface area contributed by atoms with Gasteiger partial charge in [-0.15, -0.1) is 0 Å². The second kappa shape index (κ2) is 7.15. The molecule has 1 aliphatic carbocycles. The largest absolute Gasteiger partial charge is 0.460 e. The van der Waals surface area contributed by atoms with Crippen LogP contribution in [0.3, 0.4) is 0 Å². The minimum Gasteiger partial charge on any atom is -0.460 e. The highest BCUT2D eigenvalue weighted by atomic mass is 19.2. The standard InChI is InChI=1S/C18H20F4O3/c1-5-6-11-12(18(11,2)3)17(23)25-8-10-15(21)13(19)9(7-24-4)14(20)16(10)22/h5-6,11-12H,7-8H2,1-4H3/b6-5-/t11-,12+/m1/s1. The van der Waals surface area contributed by atoms with Gasteiger partial charge in [-0.05, 0) is 18.3 Å². The lowest BCUT2D eigenvalue weighted by atomic mass is 10.1. The minimum atomic E-state index is -1.58. The van der Waals surface area contributed by atoms with Gasteiger partial charge in [-0.2, -0.15) is 0 Å². The summed E-state index contributed by atoms with van der Waals surface area (Å²) in [5.74, 6) is -7.43. The maximum atomic E-state index is 14.0. The van der Waals surface area contributed by atoms with Crippen LogP contribution in [0.15, 0.2) is 12.2 Å². The lowest BCUT2D eigenvalue weighted by Crippen LogP contribution is -2.15. The number of benzene rings is 1. The molecule has 1 aromatic carbocycles. The van der Waals surface area contributed by atoms with Crippen molar-refractivity contribution < 1.29 is 31.8 Å². The Bertz CT molecular complexity index is 684. The molecule has 1 fully saturated rings. The molecule has 1 aromatic rings. The molecule has 0 radical (unpaired) electrons. The molecule has 25 heavy (non-hydrogen) atoms. The third-order valence-corrected chi connectivity index (χ3v) is 4.66. The summed E-state index contributed by atoms with van der Waals surface area (Å²) in [6.45, 7) is 4.04. The Morgan fingerprint density at radius 3 is 1.96 bits per heavy atom. The first-order chi connectivity index (χ1) is 11.7. The Labute approximate surface area is 143 Å². The maximum absolute atomic E-state index is 14.0. The van der Waals surface area contributed by atoms with E-state index in [0.717, 1.165) is 7.11 Å². The van der Waals surface area contributed by atoms with Gasteiger partial charge in [0.25, 0.3) is 0 Å². The lowest BCUT2D eigenvalue weighted by Gasteiger charge is -2.12.